The van der Waals surface area contributed by atoms with Gasteiger partial charge < -0.3 is 19.6 Å². The van der Waals surface area contributed by atoms with E-state index in [1.54, 1.807) is 25.3 Å². The average Bonchev–Trinajstić information content (AvgIpc) is 3.51. The number of aromatic nitrogens is 1. The summed E-state index contributed by atoms with van der Waals surface area (Å²) in [7, 11) is 1.61. The quantitative estimate of drug-likeness (QED) is 0.332. The summed E-state index contributed by atoms with van der Waals surface area (Å²) in [5, 5.41) is 12.5. The van der Waals surface area contributed by atoms with Crippen molar-refractivity contribution >= 4 is 34.6 Å². The molecule has 5 rings (SSSR count). The minimum atomic E-state index is -0.876. The lowest BCUT2D eigenvalue weighted by atomic mass is 9.88. The van der Waals surface area contributed by atoms with Crippen LogP contribution in [0.25, 0.3) is 22.2 Å². The Balaban J connectivity index is 1.28. The van der Waals surface area contributed by atoms with Crippen LogP contribution < -0.4 is 10.1 Å². The Morgan fingerprint density at radius 2 is 1.65 bits per heavy atom. The second-order valence-electron chi connectivity index (χ2n) is 8.48. The van der Waals surface area contributed by atoms with Gasteiger partial charge in [-0.2, -0.15) is 4.98 Å². The number of benzene rings is 3. The van der Waals surface area contributed by atoms with Gasteiger partial charge in [0.15, 0.2) is 11.4 Å². The van der Waals surface area contributed by atoms with Gasteiger partial charge in [-0.1, -0.05) is 42.8 Å². The molecule has 3 aromatic carbocycles. The van der Waals surface area contributed by atoms with E-state index in [1.807, 2.05) is 48.5 Å². The molecule has 0 amide bonds. The van der Waals surface area contributed by atoms with Crippen LogP contribution in [-0.2, 0) is 4.79 Å². The summed E-state index contributed by atoms with van der Waals surface area (Å²) in [5.74, 6) is -1.25. The summed E-state index contributed by atoms with van der Waals surface area (Å²) >= 11 is 0. The van der Waals surface area contributed by atoms with E-state index in [4.69, 9.17) is 9.15 Å². The summed E-state index contributed by atoms with van der Waals surface area (Å²) in [6.45, 7) is 0. The Hall–Kier alpha value is -4.13. The van der Waals surface area contributed by atoms with Crippen molar-refractivity contribution in [2.75, 3.05) is 12.4 Å². The molecule has 34 heavy (non-hydrogen) atoms. The number of hydrogen-bond donors (Lipinski definition) is 2. The third kappa shape index (κ3) is 4.24. The highest BCUT2D eigenvalue weighted by atomic mass is 16.5. The Kier molecular flexibility index (Phi) is 5.76. The van der Waals surface area contributed by atoms with Gasteiger partial charge in [0, 0.05) is 23.2 Å². The number of carboxylic acids is 1. The monoisotopic (exact) mass is 456 g/mol. The zero-order valence-corrected chi connectivity index (χ0v) is 18.7. The number of anilines is 2. The molecule has 4 aromatic rings. The first-order valence-electron chi connectivity index (χ1n) is 11.2. The van der Waals surface area contributed by atoms with Gasteiger partial charge in [0.1, 0.15) is 11.3 Å². The zero-order chi connectivity index (χ0) is 23.7. The lowest BCUT2D eigenvalue weighted by Gasteiger charge is -2.14. The van der Waals surface area contributed by atoms with Crippen LogP contribution in [0, 0.1) is 11.8 Å². The predicted molar refractivity (Wildman–Crippen MR) is 129 cm³/mol. The summed E-state index contributed by atoms with van der Waals surface area (Å²) < 4.78 is 11.0. The first-order valence-corrected chi connectivity index (χ1v) is 11.2. The van der Waals surface area contributed by atoms with E-state index < -0.39 is 17.8 Å². The van der Waals surface area contributed by atoms with E-state index in [-0.39, 0.29) is 5.78 Å². The molecular formula is C27H24N2O5. The van der Waals surface area contributed by atoms with Crippen molar-refractivity contribution in [3.63, 3.8) is 0 Å². The highest BCUT2D eigenvalue weighted by Crippen LogP contribution is 2.35. The fourth-order valence-corrected chi connectivity index (χ4v) is 4.57. The van der Waals surface area contributed by atoms with Crippen molar-refractivity contribution in [1.82, 2.24) is 4.98 Å². The van der Waals surface area contributed by atoms with Crippen LogP contribution in [0.2, 0.25) is 0 Å². The number of ketones is 1. The van der Waals surface area contributed by atoms with Gasteiger partial charge in [-0.3, -0.25) is 9.59 Å². The van der Waals surface area contributed by atoms with Crippen LogP contribution in [0.4, 0.5) is 11.7 Å². The van der Waals surface area contributed by atoms with E-state index in [0.29, 0.717) is 35.8 Å². The van der Waals surface area contributed by atoms with Gasteiger partial charge >= 0.3 is 5.97 Å². The number of methoxy groups -OCH3 is 1. The lowest BCUT2D eigenvalue weighted by Crippen LogP contribution is -2.25. The maximum atomic E-state index is 12.8. The predicted octanol–water partition coefficient (Wildman–Crippen LogP) is 5.93. The van der Waals surface area contributed by atoms with Crippen molar-refractivity contribution in [2.45, 2.75) is 19.3 Å². The van der Waals surface area contributed by atoms with E-state index in [9.17, 15) is 14.7 Å². The minimum absolute atomic E-state index is 0.0769. The first-order chi connectivity index (χ1) is 16.5. The number of carbonyl (C=O) groups excluding carboxylic acids is 1. The number of hydrogen-bond acceptors (Lipinski definition) is 6. The second kappa shape index (κ2) is 9.02. The molecule has 1 aromatic heterocycles. The van der Waals surface area contributed by atoms with Crippen molar-refractivity contribution in [3.8, 4) is 16.9 Å². The highest BCUT2D eigenvalue weighted by molar-refractivity contribution is 6.00. The molecule has 2 atom stereocenters. The van der Waals surface area contributed by atoms with Crippen LogP contribution in [0.5, 0.6) is 5.75 Å². The number of carboxylic acid groups (broad SMARTS) is 1. The molecule has 0 radical (unpaired) electrons. The molecule has 7 heteroatoms. The third-order valence-electron chi connectivity index (χ3n) is 6.40. The number of aliphatic carboxylic acids is 1. The van der Waals surface area contributed by atoms with Crippen LogP contribution in [0.15, 0.2) is 71.1 Å². The molecule has 1 saturated carbocycles. The Morgan fingerprint density at radius 1 is 0.971 bits per heavy atom. The summed E-state index contributed by atoms with van der Waals surface area (Å²) in [5.41, 5.74) is 4.74. The molecule has 1 heterocycles. The Labute approximate surface area is 196 Å². The number of nitrogens with one attached hydrogen (secondary N) is 1. The van der Waals surface area contributed by atoms with Crippen molar-refractivity contribution in [3.05, 3.63) is 72.3 Å². The number of ether oxygens (including phenoxy) is 1. The minimum Gasteiger partial charge on any atom is -0.497 e. The van der Waals surface area contributed by atoms with Crippen LogP contribution >= 0.6 is 0 Å². The second-order valence-corrected chi connectivity index (χ2v) is 8.48. The van der Waals surface area contributed by atoms with Gasteiger partial charge in [0.05, 0.1) is 13.0 Å². The molecule has 2 N–H and O–H groups in total. The Bertz CT molecular complexity index is 1340. The molecule has 7 nitrogen and oxygen atoms in total. The maximum Gasteiger partial charge on any atom is 0.307 e. The number of carbonyl (C=O) groups is 2. The molecule has 0 saturated heterocycles. The molecule has 0 bridgehead atoms. The van der Waals surface area contributed by atoms with Crippen LogP contribution in [0.3, 0.4) is 0 Å². The number of rotatable bonds is 7. The van der Waals surface area contributed by atoms with Gasteiger partial charge in [-0.05, 0) is 48.2 Å². The van der Waals surface area contributed by atoms with E-state index in [0.717, 1.165) is 28.8 Å². The normalized spacial score (nSPS) is 17.6. The summed E-state index contributed by atoms with van der Waals surface area (Å²) in [4.78, 5) is 28.7. The highest BCUT2D eigenvalue weighted by Gasteiger charge is 2.37. The van der Waals surface area contributed by atoms with Crippen LogP contribution in [-0.4, -0.2) is 29.0 Å². The van der Waals surface area contributed by atoms with Crippen LogP contribution in [0.1, 0.15) is 29.6 Å². The number of fused-ring (bicyclic) bond motifs is 1. The van der Waals surface area contributed by atoms with Gasteiger partial charge in [-0.15, -0.1) is 0 Å². The van der Waals surface area contributed by atoms with E-state index in [1.165, 1.54) is 0 Å². The average molecular weight is 456 g/mol. The number of Topliss-reactive ketones (excluding diaryl/α,β-unsaturated/α-hetero) is 1. The third-order valence-corrected chi connectivity index (χ3v) is 6.40. The fraction of sp³-hybridized carbons (Fsp3) is 0.222. The molecule has 1 fully saturated rings. The van der Waals surface area contributed by atoms with Crippen molar-refractivity contribution in [2.24, 2.45) is 11.8 Å². The molecule has 1 aliphatic rings. The fourth-order valence-electron chi connectivity index (χ4n) is 4.57. The molecule has 1 aliphatic carbocycles. The summed E-state index contributed by atoms with van der Waals surface area (Å²) in [6.07, 6.45) is 1.99. The smallest absolute Gasteiger partial charge is 0.307 e. The molecule has 0 aliphatic heterocycles. The topological polar surface area (TPSA) is 102 Å². The lowest BCUT2D eigenvalue weighted by molar-refractivity contribution is -0.142. The molecular weight excluding hydrogens is 432 g/mol. The molecule has 172 valence electrons. The zero-order valence-electron chi connectivity index (χ0n) is 18.7. The molecule has 0 spiro atoms. The summed E-state index contributed by atoms with van der Waals surface area (Å²) in [6, 6.07) is 21.0. The van der Waals surface area contributed by atoms with Gasteiger partial charge in [-0.25, -0.2) is 0 Å². The van der Waals surface area contributed by atoms with Crippen molar-refractivity contribution < 1.29 is 23.8 Å². The standard InChI is InChI=1S/C27H24N2O5/c1-33-20-13-14-23-24(15-20)34-27(29-23)28-19-11-9-17(10-12-19)16-5-7-18(8-6-16)25(30)21-3-2-4-22(21)26(31)32/h5-15,21-22H,2-4H2,1H3,(H,28,29)(H,31,32)/t21-,22-/m1/s1. The van der Waals surface area contributed by atoms with E-state index in [2.05, 4.69) is 10.3 Å². The maximum absolute atomic E-state index is 12.8. The Morgan fingerprint density at radius 3 is 2.32 bits per heavy atom. The molecule has 0 unspecified atom stereocenters. The number of oxazole rings is 1. The largest absolute Gasteiger partial charge is 0.497 e. The van der Waals surface area contributed by atoms with Gasteiger partial charge in [0.25, 0.3) is 6.01 Å². The van der Waals surface area contributed by atoms with E-state index >= 15 is 0 Å². The van der Waals surface area contributed by atoms with Gasteiger partial charge in [0.2, 0.25) is 0 Å². The van der Waals surface area contributed by atoms with Crippen molar-refractivity contribution in [1.29, 1.82) is 0 Å². The number of nitrogens with zero attached hydrogens (tertiary/aromatic N) is 1. The first kappa shape index (κ1) is 21.7. The SMILES string of the molecule is COc1ccc2nc(Nc3ccc(-c4ccc(C(=O)[C@@H]5CCC[C@H]5C(=O)O)cc4)cc3)oc2c1.